The third-order valence-electron chi connectivity index (χ3n) is 5.63. The van der Waals surface area contributed by atoms with E-state index in [0.717, 1.165) is 12.5 Å². The average Bonchev–Trinajstić information content (AvgIpc) is 2.27. The number of hydrogen-bond acceptors (Lipinski definition) is 2. The minimum Gasteiger partial charge on any atom is -0.329 e. The molecule has 108 valence electrons. The SMILES string of the molecule is CC1CCC(CN)(N(C)C(C)C(C)(C)C)C(C)C1. The van der Waals surface area contributed by atoms with Crippen LogP contribution in [0, 0.1) is 17.3 Å². The van der Waals surface area contributed by atoms with Crippen LogP contribution in [0.5, 0.6) is 0 Å². The van der Waals surface area contributed by atoms with Gasteiger partial charge in [-0.05, 0) is 50.5 Å². The summed E-state index contributed by atoms with van der Waals surface area (Å²) >= 11 is 0. The third-order valence-corrected chi connectivity index (χ3v) is 5.63. The molecule has 0 heterocycles. The molecule has 1 fully saturated rings. The molecule has 4 atom stereocenters. The van der Waals surface area contributed by atoms with Crippen molar-refractivity contribution >= 4 is 0 Å². The van der Waals surface area contributed by atoms with Crippen LogP contribution in [0.1, 0.15) is 60.8 Å². The smallest absolute Gasteiger partial charge is 0.0357 e. The Balaban J connectivity index is 2.94. The van der Waals surface area contributed by atoms with Crippen LogP contribution in [-0.2, 0) is 0 Å². The van der Waals surface area contributed by atoms with Crippen LogP contribution in [-0.4, -0.2) is 30.1 Å². The summed E-state index contributed by atoms with van der Waals surface area (Å²) in [6, 6.07) is 0.553. The number of likely N-dealkylation sites (N-methyl/N-ethyl adjacent to an activating group) is 1. The lowest BCUT2D eigenvalue weighted by molar-refractivity contribution is -0.0341. The molecule has 0 spiro atoms. The first-order valence-electron chi connectivity index (χ1n) is 7.58. The molecule has 0 bridgehead atoms. The molecule has 2 heteroatoms. The van der Waals surface area contributed by atoms with Crippen LogP contribution in [0.3, 0.4) is 0 Å². The second kappa shape index (κ2) is 5.50. The molecule has 1 aliphatic rings. The lowest BCUT2D eigenvalue weighted by Crippen LogP contribution is -2.62. The topological polar surface area (TPSA) is 29.3 Å². The quantitative estimate of drug-likeness (QED) is 0.835. The van der Waals surface area contributed by atoms with Crippen molar-refractivity contribution in [2.24, 2.45) is 23.0 Å². The second-order valence-electron chi connectivity index (χ2n) is 7.74. The van der Waals surface area contributed by atoms with Gasteiger partial charge in [0.05, 0.1) is 0 Å². The fourth-order valence-electron chi connectivity index (χ4n) is 3.62. The summed E-state index contributed by atoms with van der Waals surface area (Å²) in [4.78, 5) is 2.59. The molecule has 0 aromatic heterocycles. The zero-order valence-corrected chi connectivity index (χ0v) is 13.6. The monoisotopic (exact) mass is 254 g/mol. The van der Waals surface area contributed by atoms with E-state index in [1.165, 1.54) is 19.3 Å². The van der Waals surface area contributed by atoms with E-state index in [2.05, 4.69) is 53.5 Å². The normalized spacial score (nSPS) is 35.8. The Morgan fingerprint density at radius 1 is 1.33 bits per heavy atom. The fraction of sp³-hybridized carbons (Fsp3) is 1.00. The Kier molecular flexibility index (Phi) is 4.88. The molecule has 1 saturated carbocycles. The molecule has 0 aromatic carbocycles. The van der Waals surface area contributed by atoms with Gasteiger partial charge in [-0.3, -0.25) is 4.90 Å². The van der Waals surface area contributed by atoms with Crippen molar-refractivity contribution in [2.75, 3.05) is 13.6 Å². The van der Waals surface area contributed by atoms with E-state index < -0.39 is 0 Å². The summed E-state index contributed by atoms with van der Waals surface area (Å²) in [6.45, 7) is 14.9. The van der Waals surface area contributed by atoms with Crippen LogP contribution in [0.2, 0.25) is 0 Å². The van der Waals surface area contributed by atoms with Crippen LogP contribution in [0.15, 0.2) is 0 Å². The first-order valence-corrected chi connectivity index (χ1v) is 7.58. The summed E-state index contributed by atoms with van der Waals surface area (Å²) in [5.41, 5.74) is 6.73. The van der Waals surface area contributed by atoms with Gasteiger partial charge in [-0.1, -0.05) is 34.6 Å². The van der Waals surface area contributed by atoms with Crippen LogP contribution >= 0.6 is 0 Å². The van der Waals surface area contributed by atoms with Gasteiger partial charge in [0, 0.05) is 18.1 Å². The predicted molar refractivity (Wildman–Crippen MR) is 80.6 cm³/mol. The highest BCUT2D eigenvalue weighted by molar-refractivity contribution is 5.01. The Morgan fingerprint density at radius 3 is 2.28 bits per heavy atom. The molecule has 4 unspecified atom stereocenters. The average molecular weight is 254 g/mol. The van der Waals surface area contributed by atoms with Gasteiger partial charge in [-0.25, -0.2) is 0 Å². The fourth-order valence-corrected chi connectivity index (χ4v) is 3.62. The third kappa shape index (κ3) is 2.91. The Bertz CT molecular complexity index is 269. The first-order chi connectivity index (χ1) is 8.15. The molecule has 18 heavy (non-hydrogen) atoms. The van der Waals surface area contributed by atoms with Gasteiger partial charge in [0.2, 0.25) is 0 Å². The maximum absolute atomic E-state index is 6.21. The lowest BCUT2D eigenvalue weighted by atomic mass is 9.68. The molecule has 1 rings (SSSR count). The number of rotatable bonds is 3. The van der Waals surface area contributed by atoms with Crippen molar-refractivity contribution < 1.29 is 0 Å². The van der Waals surface area contributed by atoms with Crippen LogP contribution < -0.4 is 5.73 Å². The van der Waals surface area contributed by atoms with Crippen molar-refractivity contribution in [1.82, 2.24) is 4.90 Å². The van der Waals surface area contributed by atoms with E-state index in [-0.39, 0.29) is 5.54 Å². The van der Waals surface area contributed by atoms with Crippen molar-refractivity contribution in [2.45, 2.75) is 72.4 Å². The molecule has 0 aromatic rings. The lowest BCUT2D eigenvalue weighted by Gasteiger charge is -2.54. The largest absolute Gasteiger partial charge is 0.329 e. The minimum absolute atomic E-state index is 0.208. The summed E-state index contributed by atoms with van der Waals surface area (Å²) in [5, 5.41) is 0. The molecule has 0 radical (unpaired) electrons. The number of nitrogens with two attached hydrogens (primary N) is 1. The summed E-state index contributed by atoms with van der Waals surface area (Å²) in [5.74, 6) is 1.55. The van der Waals surface area contributed by atoms with Crippen LogP contribution in [0.4, 0.5) is 0 Å². The minimum atomic E-state index is 0.208. The zero-order chi connectivity index (χ0) is 14.1. The van der Waals surface area contributed by atoms with Crippen molar-refractivity contribution in [3.63, 3.8) is 0 Å². The van der Waals surface area contributed by atoms with Crippen LogP contribution in [0.25, 0.3) is 0 Å². The van der Waals surface area contributed by atoms with Crippen molar-refractivity contribution in [1.29, 1.82) is 0 Å². The highest BCUT2D eigenvalue weighted by Crippen LogP contribution is 2.42. The van der Waals surface area contributed by atoms with E-state index in [1.807, 2.05) is 0 Å². The summed E-state index contributed by atoms with van der Waals surface area (Å²) < 4.78 is 0. The molecule has 0 aliphatic heterocycles. The van der Waals surface area contributed by atoms with E-state index in [4.69, 9.17) is 5.73 Å². The summed E-state index contributed by atoms with van der Waals surface area (Å²) in [6.07, 6.45) is 3.89. The van der Waals surface area contributed by atoms with Gasteiger partial charge in [-0.2, -0.15) is 0 Å². The van der Waals surface area contributed by atoms with Gasteiger partial charge in [0.15, 0.2) is 0 Å². The molecule has 0 saturated heterocycles. The van der Waals surface area contributed by atoms with Crippen molar-refractivity contribution in [3.05, 3.63) is 0 Å². The number of hydrogen-bond donors (Lipinski definition) is 1. The second-order valence-corrected chi connectivity index (χ2v) is 7.74. The molecular weight excluding hydrogens is 220 g/mol. The molecular formula is C16H34N2. The molecule has 2 nitrogen and oxygen atoms in total. The van der Waals surface area contributed by atoms with E-state index >= 15 is 0 Å². The maximum atomic E-state index is 6.21. The Labute approximate surface area is 114 Å². The van der Waals surface area contributed by atoms with E-state index in [0.29, 0.717) is 17.4 Å². The van der Waals surface area contributed by atoms with E-state index in [1.54, 1.807) is 0 Å². The van der Waals surface area contributed by atoms with Gasteiger partial charge in [0.25, 0.3) is 0 Å². The highest BCUT2D eigenvalue weighted by atomic mass is 15.2. The van der Waals surface area contributed by atoms with Gasteiger partial charge in [0.1, 0.15) is 0 Å². The molecule has 1 aliphatic carbocycles. The molecule has 0 amide bonds. The van der Waals surface area contributed by atoms with E-state index in [9.17, 15) is 0 Å². The summed E-state index contributed by atoms with van der Waals surface area (Å²) in [7, 11) is 2.29. The number of nitrogens with zero attached hydrogens (tertiary/aromatic N) is 1. The first kappa shape index (κ1) is 16.0. The molecule has 2 N–H and O–H groups in total. The standard InChI is InChI=1S/C16H34N2/c1-12-8-9-16(11-17,13(2)10-12)18(7)14(3)15(4,5)6/h12-14H,8-11,17H2,1-7H3. The van der Waals surface area contributed by atoms with Gasteiger partial charge < -0.3 is 5.73 Å². The maximum Gasteiger partial charge on any atom is 0.0357 e. The van der Waals surface area contributed by atoms with Gasteiger partial charge >= 0.3 is 0 Å². The predicted octanol–water partition coefficient (Wildman–Crippen LogP) is 3.51. The van der Waals surface area contributed by atoms with Crippen molar-refractivity contribution in [3.8, 4) is 0 Å². The van der Waals surface area contributed by atoms with Gasteiger partial charge in [-0.15, -0.1) is 0 Å². The highest BCUT2D eigenvalue weighted by Gasteiger charge is 2.45. The zero-order valence-electron chi connectivity index (χ0n) is 13.6. The Hall–Kier alpha value is -0.0800. The Morgan fingerprint density at radius 2 is 1.89 bits per heavy atom.